The summed E-state index contributed by atoms with van der Waals surface area (Å²) in [6.45, 7) is 8.50. The summed E-state index contributed by atoms with van der Waals surface area (Å²) in [5, 5.41) is 9.66. The second-order valence-electron chi connectivity index (χ2n) is 8.53. The quantitative estimate of drug-likeness (QED) is 0.513. The lowest BCUT2D eigenvalue weighted by Crippen LogP contribution is -2.45. The fourth-order valence-electron chi connectivity index (χ4n) is 4.53. The molecule has 3 aromatic heterocycles. The van der Waals surface area contributed by atoms with Gasteiger partial charge in [-0.3, -0.25) is 0 Å². The summed E-state index contributed by atoms with van der Waals surface area (Å²) in [5.41, 5.74) is 13.2. The number of nitrogens with one attached hydrogen (secondary N) is 1. The number of anilines is 2. The fraction of sp³-hybridized carbons (Fsp3) is 0.292. The van der Waals surface area contributed by atoms with Crippen LogP contribution in [0.1, 0.15) is 11.1 Å². The van der Waals surface area contributed by atoms with E-state index in [4.69, 9.17) is 5.73 Å². The molecule has 4 heterocycles. The van der Waals surface area contributed by atoms with E-state index in [0.717, 1.165) is 48.4 Å². The number of hydrogen-bond acceptors (Lipinski definition) is 6. The van der Waals surface area contributed by atoms with Crippen molar-refractivity contribution in [3.05, 3.63) is 53.6 Å². The highest BCUT2D eigenvalue weighted by Crippen LogP contribution is 2.34. The monoisotopic (exact) mass is 431 g/mol. The fourth-order valence-corrected chi connectivity index (χ4v) is 4.53. The number of aromatic nitrogens is 4. The second kappa shape index (κ2) is 7.87. The lowest BCUT2D eigenvalue weighted by molar-refractivity contribution is 0.312. The Kier molecular flexibility index (Phi) is 5.01. The molecule has 0 bridgehead atoms. The number of aryl methyl sites for hydroxylation is 2. The summed E-state index contributed by atoms with van der Waals surface area (Å²) >= 11 is 0. The number of piperazine rings is 1. The van der Waals surface area contributed by atoms with Crippen molar-refractivity contribution in [3.63, 3.8) is 0 Å². The summed E-state index contributed by atoms with van der Waals surface area (Å²) in [6.07, 6.45) is 3.36. The number of nitrogen functional groups attached to an aromatic ring is 1. The summed E-state index contributed by atoms with van der Waals surface area (Å²) in [4.78, 5) is 11.9. The second-order valence-corrected chi connectivity index (χ2v) is 8.53. The Morgan fingerprint density at radius 2 is 1.69 bits per heavy atom. The van der Waals surface area contributed by atoms with Crippen molar-refractivity contribution in [1.29, 1.82) is 0 Å². The topological polar surface area (TPSA) is 87.0 Å². The smallest absolute Gasteiger partial charge is 0.165 e. The van der Waals surface area contributed by atoms with Crippen LogP contribution in [0.4, 0.5) is 15.9 Å². The van der Waals surface area contributed by atoms with Gasteiger partial charge < -0.3 is 20.5 Å². The first-order valence-electron chi connectivity index (χ1n) is 10.7. The van der Waals surface area contributed by atoms with E-state index in [1.165, 1.54) is 22.9 Å². The highest BCUT2D eigenvalue weighted by molar-refractivity contribution is 5.95. The number of rotatable bonds is 3. The van der Waals surface area contributed by atoms with Crippen molar-refractivity contribution >= 4 is 22.5 Å². The number of aromatic amines is 1. The van der Waals surface area contributed by atoms with E-state index in [9.17, 15) is 4.39 Å². The van der Waals surface area contributed by atoms with Crippen LogP contribution in [-0.2, 0) is 0 Å². The number of hydrogen-bond donors (Lipinski definition) is 2. The Bertz CT molecular complexity index is 1280. The van der Waals surface area contributed by atoms with Crippen molar-refractivity contribution in [2.24, 2.45) is 0 Å². The Morgan fingerprint density at radius 3 is 2.38 bits per heavy atom. The van der Waals surface area contributed by atoms with E-state index in [1.54, 1.807) is 12.4 Å². The molecule has 0 radical (unpaired) electrons. The van der Waals surface area contributed by atoms with Crippen molar-refractivity contribution in [1.82, 2.24) is 25.1 Å². The number of benzene rings is 1. The van der Waals surface area contributed by atoms with Crippen LogP contribution in [0.5, 0.6) is 0 Å². The summed E-state index contributed by atoms with van der Waals surface area (Å²) < 4.78 is 14.0. The molecule has 7 nitrogen and oxygen atoms in total. The Morgan fingerprint density at radius 1 is 0.969 bits per heavy atom. The van der Waals surface area contributed by atoms with E-state index in [0.29, 0.717) is 11.2 Å². The molecule has 1 aromatic carbocycles. The maximum absolute atomic E-state index is 14.0. The van der Waals surface area contributed by atoms with Crippen molar-refractivity contribution < 1.29 is 4.39 Å². The number of fused-ring (bicyclic) bond motifs is 1. The highest BCUT2D eigenvalue weighted by atomic mass is 19.1. The number of nitrogens with two attached hydrogens (primary N) is 1. The zero-order valence-corrected chi connectivity index (χ0v) is 18.5. The van der Waals surface area contributed by atoms with Gasteiger partial charge in [-0.05, 0) is 56.3 Å². The molecule has 8 heteroatoms. The van der Waals surface area contributed by atoms with Crippen LogP contribution in [0.25, 0.3) is 33.4 Å². The highest BCUT2D eigenvalue weighted by Gasteiger charge is 2.19. The minimum Gasteiger partial charge on any atom is -0.381 e. The number of nitrogens with zero attached hydrogens (tertiary/aromatic N) is 5. The molecule has 0 saturated carbocycles. The molecule has 0 amide bonds. The average Bonchev–Trinajstić information content (AvgIpc) is 3.20. The third kappa shape index (κ3) is 3.56. The molecule has 164 valence electrons. The van der Waals surface area contributed by atoms with Gasteiger partial charge >= 0.3 is 0 Å². The van der Waals surface area contributed by atoms with Gasteiger partial charge in [0.25, 0.3) is 0 Å². The molecule has 4 aromatic rings. The van der Waals surface area contributed by atoms with Crippen LogP contribution >= 0.6 is 0 Å². The Hall–Kier alpha value is -3.52. The first-order valence-corrected chi connectivity index (χ1v) is 10.7. The first kappa shape index (κ1) is 20.4. The Balaban J connectivity index is 1.54. The summed E-state index contributed by atoms with van der Waals surface area (Å²) in [6, 6.07) is 7.73. The number of likely N-dealkylation sites (N-methyl/N-ethyl adjacent to an activating group) is 1. The molecule has 0 aliphatic carbocycles. The third-order valence-electron chi connectivity index (χ3n) is 6.22. The van der Waals surface area contributed by atoms with Gasteiger partial charge in [-0.1, -0.05) is 0 Å². The molecule has 0 atom stereocenters. The average molecular weight is 432 g/mol. The lowest BCUT2D eigenvalue weighted by Gasteiger charge is -2.36. The predicted octanol–water partition coefficient (Wildman–Crippen LogP) is 3.78. The van der Waals surface area contributed by atoms with Crippen LogP contribution in [0.3, 0.4) is 0 Å². The molecule has 5 rings (SSSR count). The molecule has 0 unspecified atom stereocenters. The first-order chi connectivity index (χ1) is 15.4. The third-order valence-corrected chi connectivity index (χ3v) is 6.22. The maximum Gasteiger partial charge on any atom is 0.165 e. The van der Waals surface area contributed by atoms with E-state index < -0.39 is 5.82 Å². The van der Waals surface area contributed by atoms with Gasteiger partial charge in [-0.2, -0.15) is 0 Å². The van der Waals surface area contributed by atoms with Crippen LogP contribution < -0.4 is 10.6 Å². The molecule has 1 saturated heterocycles. The van der Waals surface area contributed by atoms with Crippen LogP contribution in [0.2, 0.25) is 0 Å². The number of halogens is 1. The number of H-pyrrole nitrogens is 1. The summed E-state index contributed by atoms with van der Waals surface area (Å²) in [5.74, 6) is -0.648. The SMILES string of the molecule is Cc1cc(-c2cc3c(-c4cnc(N)c(F)c4)c[nH]c3nn2)cc(C)c1N1CCN(C)CC1. The van der Waals surface area contributed by atoms with E-state index in [1.807, 2.05) is 6.07 Å². The van der Waals surface area contributed by atoms with Crippen molar-refractivity contribution in [2.75, 3.05) is 43.9 Å². The van der Waals surface area contributed by atoms with E-state index >= 15 is 0 Å². The standard InChI is InChI=1S/C24H26FN7/c1-14-8-16(9-15(2)22(14)32-6-4-31(3)5-7-32)21-11-18-19(13-28-24(18)30-29-21)17-10-20(25)23(26)27-12-17/h8-13H,4-7H2,1-3H3,(H2,26,27)(H,28,30). The van der Waals surface area contributed by atoms with Crippen LogP contribution in [0, 0.1) is 19.7 Å². The van der Waals surface area contributed by atoms with E-state index in [-0.39, 0.29) is 5.82 Å². The normalized spacial score (nSPS) is 14.9. The van der Waals surface area contributed by atoms with Crippen molar-refractivity contribution in [2.45, 2.75) is 13.8 Å². The van der Waals surface area contributed by atoms with Gasteiger partial charge in [0, 0.05) is 66.3 Å². The zero-order chi connectivity index (χ0) is 22.4. The van der Waals surface area contributed by atoms with Crippen LogP contribution in [-0.4, -0.2) is 58.3 Å². The minimum atomic E-state index is -0.537. The largest absolute Gasteiger partial charge is 0.381 e. The zero-order valence-electron chi connectivity index (χ0n) is 18.5. The lowest BCUT2D eigenvalue weighted by atomic mass is 9.99. The summed E-state index contributed by atoms with van der Waals surface area (Å²) in [7, 11) is 2.17. The van der Waals surface area contributed by atoms with Gasteiger partial charge in [0.1, 0.15) is 0 Å². The molecule has 3 N–H and O–H groups in total. The maximum atomic E-state index is 14.0. The molecule has 1 aliphatic heterocycles. The van der Waals surface area contributed by atoms with Gasteiger partial charge in [-0.25, -0.2) is 9.37 Å². The predicted molar refractivity (Wildman–Crippen MR) is 126 cm³/mol. The molecule has 1 fully saturated rings. The molecule has 32 heavy (non-hydrogen) atoms. The van der Waals surface area contributed by atoms with Crippen molar-refractivity contribution in [3.8, 4) is 22.4 Å². The Labute approximate surface area is 186 Å². The number of pyridine rings is 1. The van der Waals surface area contributed by atoms with Gasteiger partial charge in [0.15, 0.2) is 17.3 Å². The molecule has 1 aliphatic rings. The minimum absolute atomic E-state index is 0.111. The molecular formula is C24H26FN7. The molecular weight excluding hydrogens is 405 g/mol. The van der Waals surface area contributed by atoms with Gasteiger partial charge in [0.05, 0.1) is 5.69 Å². The molecule has 0 spiro atoms. The van der Waals surface area contributed by atoms with E-state index in [2.05, 4.69) is 63.0 Å². The van der Waals surface area contributed by atoms with Gasteiger partial charge in [-0.15, -0.1) is 10.2 Å². The van der Waals surface area contributed by atoms with Crippen LogP contribution in [0.15, 0.2) is 36.7 Å². The van der Waals surface area contributed by atoms with Gasteiger partial charge in [0.2, 0.25) is 0 Å².